The number of carbonyl (C=O) groups is 2. The molecule has 0 aromatic heterocycles. The van der Waals surface area contributed by atoms with E-state index >= 15 is 0 Å². The fraction of sp³-hybridized carbons (Fsp3) is 0.250. The minimum absolute atomic E-state index is 0.0850. The minimum Gasteiger partial charge on any atom is -0.386 e. The topological polar surface area (TPSA) is 137 Å². The molecule has 0 rings (SSSR count). The molecule has 0 saturated heterocycles. The van der Waals surface area contributed by atoms with E-state index in [1.54, 1.807) is 0 Å². The molecule has 4 amide bonds. The van der Waals surface area contributed by atoms with Crippen molar-refractivity contribution in [2.75, 3.05) is 6.54 Å². The molecule has 0 fully saturated rings. The lowest BCUT2D eigenvalue weighted by atomic mass is 10.6. The van der Waals surface area contributed by atoms with Crippen LogP contribution in [0.1, 0.15) is 0 Å². The van der Waals surface area contributed by atoms with E-state index in [2.05, 4.69) is 16.0 Å². The Hall–Kier alpha value is -1.79. The number of aliphatic imine (C=N–C) groups is 1. The third kappa shape index (κ3) is 6.09. The number of hydrogen-bond donors (Lipinski definition) is 4. The van der Waals surface area contributed by atoms with E-state index in [0.29, 0.717) is 0 Å². The molecule has 7 nitrogen and oxygen atoms in total. The van der Waals surface area contributed by atoms with Crippen LogP contribution < -0.4 is 22.5 Å². The maximum atomic E-state index is 10.1. The zero-order valence-corrected chi connectivity index (χ0v) is 5.70. The highest BCUT2D eigenvalue weighted by Gasteiger charge is 1.96. The summed E-state index contributed by atoms with van der Waals surface area (Å²) < 4.78 is 0. The van der Waals surface area contributed by atoms with E-state index in [0.717, 1.165) is 0 Å². The number of nitrogens with zero attached hydrogens (tertiary/aromatic N) is 1. The number of amides is 4. The first-order valence-corrected chi connectivity index (χ1v) is 2.68. The Morgan fingerprint density at radius 3 is 2.18 bits per heavy atom. The molecule has 0 aliphatic carbocycles. The smallest absolute Gasteiger partial charge is 0.340 e. The number of amidine groups is 1. The standard InChI is InChI=1S/C4H9N5O2/c5-2(9-4(7)11)1-8-3(6)10/h1H2,(H3,6,8,10)(H4,5,7,9,11). The Kier molecular flexibility index (Phi) is 3.43. The fourth-order valence-corrected chi connectivity index (χ4v) is 0.359. The summed E-state index contributed by atoms with van der Waals surface area (Å²) in [7, 11) is 0. The largest absolute Gasteiger partial charge is 0.386 e. The summed E-state index contributed by atoms with van der Waals surface area (Å²) in [6.45, 7) is -0.0850. The third-order valence-corrected chi connectivity index (χ3v) is 0.698. The van der Waals surface area contributed by atoms with Gasteiger partial charge in [-0.15, -0.1) is 0 Å². The van der Waals surface area contributed by atoms with Crippen molar-refractivity contribution < 1.29 is 9.59 Å². The Morgan fingerprint density at radius 1 is 1.27 bits per heavy atom. The maximum Gasteiger partial charge on any atom is 0.340 e. The Bertz CT molecular complexity index is 199. The van der Waals surface area contributed by atoms with Crippen LogP contribution in [0.2, 0.25) is 0 Å². The second-order valence-corrected chi connectivity index (χ2v) is 1.66. The molecule has 0 spiro atoms. The van der Waals surface area contributed by atoms with Gasteiger partial charge in [-0.3, -0.25) is 0 Å². The molecule has 0 radical (unpaired) electrons. The van der Waals surface area contributed by atoms with Crippen molar-refractivity contribution in [3.8, 4) is 0 Å². The molecular weight excluding hydrogens is 150 g/mol. The number of carbonyl (C=O) groups excluding carboxylic acids is 2. The Morgan fingerprint density at radius 2 is 1.82 bits per heavy atom. The molecule has 0 aromatic carbocycles. The molecule has 0 aromatic rings. The maximum absolute atomic E-state index is 10.1. The van der Waals surface area contributed by atoms with E-state index in [4.69, 9.17) is 11.5 Å². The van der Waals surface area contributed by atoms with Crippen LogP contribution in [-0.2, 0) is 0 Å². The van der Waals surface area contributed by atoms with Crippen LogP contribution >= 0.6 is 0 Å². The van der Waals surface area contributed by atoms with Gasteiger partial charge in [0.1, 0.15) is 5.84 Å². The summed E-state index contributed by atoms with van der Waals surface area (Å²) in [6, 6.07) is -1.65. The van der Waals surface area contributed by atoms with Crippen LogP contribution in [0.25, 0.3) is 0 Å². The molecule has 0 aliphatic heterocycles. The van der Waals surface area contributed by atoms with E-state index < -0.39 is 12.1 Å². The number of nitrogens with two attached hydrogens (primary N) is 3. The zero-order chi connectivity index (χ0) is 8.85. The second-order valence-electron chi connectivity index (χ2n) is 1.66. The van der Waals surface area contributed by atoms with Gasteiger partial charge in [0.15, 0.2) is 0 Å². The molecule has 0 saturated carbocycles. The lowest BCUT2D eigenvalue weighted by Gasteiger charge is -1.98. The van der Waals surface area contributed by atoms with Gasteiger partial charge < -0.3 is 22.5 Å². The van der Waals surface area contributed by atoms with Gasteiger partial charge in [0, 0.05) is 0 Å². The Labute approximate surface area is 62.6 Å². The first-order valence-electron chi connectivity index (χ1n) is 2.68. The summed E-state index contributed by atoms with van der Waals surface area (Å²) in [4.78, 5) is 23.3. The lowest BCUT2D eigenvalue weighted by Crippen LogP contribution is -2.37. The quantitative estimate of drug-likeness (QED) is 0.276. The number of urea groups is 2. The van der Waals surface area contributed by atoms with E-state index in [1.165, 1.54) is 0 Å². The van der Waals surface area contributed by atoms with Crippen molar-refractivity contribution >= 4 is 17.9 Å². The van der Waals surface area contributed by atoms with E-state index in [1.807, 2.05) is 0 Å². The molecule has 0 unspecified atom stereocenters. The predicted octanol–water partition coefficient (Wildman–Crippen LogP) is -1.91. The number of primary amides is 2. The van der Waals surface area contributed by atoms with Gasteiger partial charge in [-0.05, 0) is 0 Å². The molecule has 0 bridgehead atoms. The SMILES string of the molecule is NC(=O)/N=C(\N)CNC(N)=O. The molecule has 0 aliphatic rings. The van der Waals surface area contributed by atoms with E-state index in [9.17, 15) is 9.59 Å². The fourth-order valence-electron chi connectivity index (χ4n) is 0.359. The van der Waals surface area contributed by atoms with Crippen LogP contribution in [0.5, 0.6) is 0 Å². The van der Waals surface area contributed by atoms with Crippen molar-refractivity contribution in [3.63, 3.8) is 0 Å². The van der Waals surface area contributed by atoms with Crippen molar-refractivity contribution in [2.24, 2.45) is 22.2 Å². The van der Waals surface area contributed by atoms with Crippen LogP contribution in [-0.4, -0.2) is 24.4 Å². The van der Waals surface area contributed by atoms with Crippen LogP contribution in [0.15, 0.2) is 4.99 Å². The van der Waals surface area contributed by atoms with E-state index in [-0.39, 0.29) is 12.4 Å². The van der Waals surface area contributed by atoms with Gasteiger partial charge in [-0.25, -0.2) is 9.59 Å². The molecule has 0 heterocycles. The molecule has 7 heteroatoms. The summed E-state index contributed by atoms with van der Waals surface area (Å²) in [5.74, 6) is -0.0868. The number of rotatable bonds is 2. The van der Waals surface area contributed by atoms with Crippen molar-refractivity contribution in [3.05, 3.63) is 0 Å². The predicted molar refractivity (Wildman–Crippen MR) is 38.8 cm³/mol. The summed E-state index contributed by atoms with van der Waals surface area (Å²) >= 11 is 0. The lowest BCUT2D eigenvalue weighted by molar-refractivity contribution is 0.249. The number of hydrogen-bond acceptors (Lipinski definition) is 2. The van der Waals surface area contributed by atoms with Crippen molar-refractivity contribution in [2.45, 2.75) is 0 Å². The molecule has 62 valence electrons. The summed E-state index contributed by atoms with van der Waals surface area (Å²) in [6.07, 6.45) is 0. The van der Waals surface area contributed by atoms with Gasteiger partial charge in [0.25, 0.3) is 0 Å². The van der Waals surface area contributed by atoms with Crippen LogP contribution in [0, 0.1) is 0 Å². The summed E-state index contributed by atoms with van der Waals surface area (Å²) in [5, 5.41) is 2.13. The first kappa shape index (κ1) is 9.21. The average Bonchev–Trinajstić information content (AvgIpc) is 1.82. The highest BCUT2D eigenvalue weighted by molar-refractivity contribution is 5.94. The minimum atomic E-state index is -0.909. The van der Waals surface area contributed by atoms with Crippen LogP contribution in [0.3, 0.4) is 0 Å². The highest BCUT2D eigenvalue weighted by atomic mass is 16.2. The first-order chi connectivity index (χ1) is 5.02. The van der Waals surface area contributed by atoms with Crippen molar-refractivity contribution in [1.29, 1.82) is 0 Å². The monoisotopic (exact) mass is 159 g/mol. The highest BCUT2D eigenvalue weighted by Crippen LogP contribution is 1.69. The normalized spacial score (nSPS) is 10.7. The Balaban J connectivity index is 3.77. The summed E-state index contributed by atoms with van der Waals surface area (Å²) in [5.41, 5.74) is 14.4. The molecule has 11 heavy (non-hydrogen) atoms. The van der Waals surface area contributed by atoms with Crippen LogP contribution in [0.4, 0.5) is 9.59 Å². The van der Waals surface area contributed by atoms with Gasteiger partial charge in [0.2, 0.25) is 0 Å². The van der Waals surface area contributed by atoms with Gasteiger partial charge >= 0.3 is 12.1 Å². The second kappa shape index (κ2) is 4.09. The van der Waals surface area contributed by atoms with Gasteiger partial charge in [-0.1, -0.05) is 0 Å². The van der Waals surface area contributed by atoms with Gasteiger partial charge in [-0.2, -0.15) is 4.99 Å². The van der Waals surface area contributed by atoms with Gasteiger partial charge in [0.05, 0.1) is 6.54 Å². The molecule has 7 N–H and O–H groups in total. The number of nitrogens with one attached hydrogen (secondary N) is 1. The van der Waals surface area contributed by atoms with Crippen molar-refractivity contribution in [1.82, 2.24) is 5.32 Å². The third-order valence-electron chi connectivity index (χ3n) is 0.698. The average molecular weight is 159 g/mol. The zero-order valence-electron chi connectivity index (χ0n) is 5.70. The molecule has 0 atom stereocenters. The molecular formula is C4H9N5O2.